The third-order valence-electron chi connectivity index (χ3n) is 7.65. The van der Waals surface area contributed by atoms with Gasteiger partial charge < -0.3 is 14.5 Å². The second kappa shape index (κ2) is 11.4. The number of nitrogens with zero attached hydrogens (tertiary/aromatic N) is 2. The zero-order valence-corrected chi connectivity index (χ0v) is 20.8. The van der Waals surface area contributed by atoms with E-state index in [4.69, 9.17) is 16.3 Å². The van der Waals surface area contributed by atoms with Crippen molar-refractivity contribution in [2.24, 2.45) is 0 Å². The quantitative estimate of drug-likeness (QED) is 0.471. The Kier molecular flexibility index (Phi) is 8.32. The van der Waals surface area contributed by atoms with Gasteiger partial charge in [-0.25, -0.2) is 0 Å². The van der Waals surface area contributed by atoms with E-state index in [-0.39, 0.29) is 5.91 Å². The van der Waals surface area contributed by atoms with Gasteiger partial charge in [0.1, 0.15) is 5.75 Å². The van der Waals surface area contributed by atoms with E-state index in [1.165, 1.54) is 31.4 Å². The third kappa shape index (κ3) is 6.30. The van der Waals surface area contributed by atoms with E-state index in [2.05, 4.69) is 36.2 Å². The molecule has 0 radical (unpaired) electrons. The number of amides is 1. The summed E-state index contributed by atoms with van der Waals surface area (Å²) in [6, 6.07) is 16.9. The van der Waals surface area contributed by atoms with E-state index >= 15 is 0 Å². The summed E-state index contributed by atoms with van der Waals surface area (Å²) in [5.41, 5.74) is 2.09. The molecular formula is C28H37ClN2O2. The second-order valence-corrected chi connectivity index (χ2v) is 10.2. The fourth-order valence-corrected chi connectivity index (χ4v) is 5.54. The number of piperidine rings is 1. The Labute approximate surface area is 203 Å². The summed E-state index contributed by atoms with van der Waals surface area (Å²) in [4.78, 5) is 17.2. The molecule has 2 fully saturated rings. The molecule has 2 aromatic carbocycles. The molecule has 1 saturated heterocycles. The Bertz CT molecular complexity index is 891. The summed E-state index contributed by atoms with van der Waals surface area (Å²) in [5.74, 6) is 1.61. The predicted octanol–water partition coefficient (Wildman–Crippen LogP) is 6.39. The zero-order valence-electron chi connectivity index (χ0n) is 20.0. The molecule has 0 unspecified atom stereocenters. The maximum Gasteiger partial charge on any atom is 0.253 e. The lowest BCUT2D eigenvalue weighted by atomic mass is 9.81. The lowest BCUT2D eigenvalue weighted by Crippen LogP contribution is -2.39. The second-order valence-electron chi connectivity index (χ2n) is 9.76. The molecule has 2 aliphatic rings. The summed E-state index contributed by atoms with van der Waals surface area (Å²) < 4.78 is 6.04. The van der Waals surface area contributed by atoms with Gasteiger partial charge >= 0.3 is 0 Å². The zero-order chi connectivity index (χ0) is 23.2. The van der Waals surface area contributed by atoms with Crippen molar-refractivity contribution in [1.29, 1.82) is 0 Å². The number of carbonyl (C=O) groups is 1. The van der Waals surface area contributed by atoms with Gasteiger partial charge in [0.05, 0.1) is 6.61 Å². The van der Waals surface area contributed by atoms with E-state index < -0.39 is 0 Å². The lowest BCUT2D eigenvalue weighted by Gasteiger charge is -2.35. The molecule has 1 amide bonds. The molecule has 1 saturated carbocycles. The highest BCUT2D eigenvalue weighted by molar-refractivity contribution is 6.30. The summed E-state index contributed by atoms with van der Waals surface area (Å²) in [7, 11) is 4.16. The Balaban J connectivity index is 1.23. The fourth-order valence-electron chi connectivity index (χ4n) is 5.42. The number of ether oxygens (including phenoxy) is 1. The van der Waals surface area contributed by atoms with Crippen LogP contribution >= 0.6 is 11.6 Å². The minimum Gasteiger partial charge on any atom is -0.494 e. The SMILES string of the molecule is CN(C(=O)c1ccc(Cl)cc1)C1CCC(c2ccc(OCC[C@H]3CCCCN3C)cc2)CC1. The van der Waals surface area contributed by atoms with Crippen LogP contribution in [-0.2, 0) is 0 Å². The van der Waals surface area contributed by atoms with Crippen LogP contribution < -0.4 is 4.74 Å². The highest BCUT2D eigenvalue weighted by atomic mass is 35.5. The summed E-state index contributed by atoms with van der Waals surface area (Å²) in [6.45, 7) is 2.00. The highest BCUT2D eigenvalue weighted by Crippen LogP contribution is 2.35. The molecule has 0 aromatic heterocycles. The monoisotopic (exact) mass is 468 g/mol. The molecule has 1 atom stereocenters. The van der Waals surface area contributed by atoms with Crippen molar-refractivity contribution in [1.82, 2.24) is 9.80 Å². The minimum absolute atomic E-state index is 0.0797. The van der Waals surface area contributed by atoms with Gasteiger partial charge in [-0.3, -0.25) is 4.79 Å². The summed E-state index contributed by atoms with van der Waals surface area (Å²) in [5, 5.41) is 0.656. The van der Waals surface area contributed by atoms with Crippen molar-refractivity contribution in [3.05, 3.63) is 64.7 Å². The molecule has 0 N–H and O–H groups in total. The number of rotatable bonds is 7. The molecular weight excluding hydrogens is 432 g/mol. The predicted molar refractivity (Wildman–Crippen MR) is 135 cm³/mol. The molecule has 2 aromatic rings. The van der Waals surface area contributed by atoms with E-state index in [0.717, 1.165) is 44.5 Å². The van der Waals surface area contributed by atoms with Gasteiger partial charge in [-0.2, -0.15) is 0 Å². The average Bonchev–Trinajstić information content (AvgIpc) is 2.85. The Hall–Kier alpha value is -2.04. The topological polar surface area (TPSA) is 32.8 Å². The van der Waals surface area contributed by atoms with Crippen molar-refractivity contribution in [3.63, 3.8) is 0 Å². The molecule has 33 heavy (non-hydrogen) atoms. The fraction of sp³-hybridized carbons (Fsp3) is 0.536. The van der Waals surface area contributed by atoms with Gasteiger partial charge in [0.15, 0.2) is 0 Å². The maximum absolute atomic E-state index is 12.8. The van der Waals surface area contributed by atoms with E-state index in [1.807, 2.05) is 24.1 Å². The van der Waals surface area contributed by atoms with Crippen LogP contribution in [0.2, 0.25) is 5.02 Å². The van der Waals surface area contributed by atoms with E-state index in [9.17, 15) is 4.79 Å². The van der Waals surface area contributed by atoms with Crippen LogP contribution in [0.3, 0.4) is 0 Å². The molecule has 0 spiro atoms. The van der Waals surface area contributed by atoms with Crippen LogP contribution in [-0.4, -0.2) is 55.0 Å². The molecule has 1 heterocycles. The summed E-state index contributed by atoms with van der Waals surface area (Å²) in [6.07, 6.45) is 9.35. The molecule has 178 valence electrons. The average molecular weight is 469 g/mol. The molecule has 1 aliphatic heterocycles. The van der Waals surface area contributed by atoms with Gasteiger partial charge in [-0.15, -0.1) is 0 Å². The van der Waals surface area contributed by atoms with Gasteiger partial charge in [-0.1, -0.05) is 30.2 Å². The van der Waals surface area contributed by atoms with E-state index in [0.29, 0.717) is 28.6 Å². The normalized spacial score (nSPS) is 23.8. The van der Waals surface area contributed by atoms with Crippen LogP contribution in [0.4, 0.5) is 0 Å². The Morgan fingerprint density at radius 2 is 1.70 bits per heavy atom. The number of hydrogen-bond donors (Lipinski definition) is 0. The minimum atomic E-state index is 0.0797. The first-order valence-corrected chi connectivity index (χ1v) is 12.8. The molecule has 4 nitrogen and oxygen atoms in total. The first kappa shape index (κ1) is 24.1. The Morgan fingerprint density at radius 3 is 2.36 bits per heavy atom. The van der Waals surface area contributed by atoms with Crippen LogP contribution in [0.25, 0.3) is 0 Å². The number of benzene rings is 2. The number of carbonyl (C=O) groups excluding carboxylic acids is 1. The van der Waals surface area contributed by atoms with Crippen LogP contribution in [0.1, 0.15) is 73.2 Å². The van der Waals surface area contributed by atoms with Crippen LogP contribution in [0.15, 0.2) is 48.5 Å². The van der Waals surface area contributed by atoms with Crippen molar-refractivity contribution < 1.29 is 9.53 Å². The first-order chi connectivity index (χ1) is 16.0. The molecule has 4 rings (SSSR count). The van der Waals surface area contributed by atoms with Crippen molar-refractivity contribution in [3.8, 4) is 5.75 Å². The number of hydrogen-bond acceptors (Lipinski definition) is 3. The van der Waals surface area contributed by atoms with Crippen molar-refractivity contribution in [2.75, 3.05) is 27.2 Å². The number of halogens is 1. The van der Waals surface area contributed by atoms with Crippen molar-refractivity contribution in [2.45, 2.75) is 69.4 Å². The van der Waals surface area contributed by atoms with E-state index in [1.54, 1.807) is 12.1 Å². The molecule has 1 aliphatic carbocycles. The third-order valence-corrected chi connectivity index (χ3v) is 7.90. The van der Waals surface area contributed by atoms with Crippen LogP contribution in [0, 0.1) is 0 Å². The summed E-state index contributed by atoms with van der Waals surface area (Å²) >= 11 is 5.96. The van der Waals surface area contributed by atoms with Gasteiger partial charge in [0.2, 0.25) is 0 Å². The highest BCUT2D eigenvalue weighted by Gasteiger charge is 2.28. The smallest absolute Gasteiger partial charge is 0.253 e. The first-order valence-electron chi connectivity index (χ1n) is 12.5. The van der Waals surface area contributed by atoms with Crippen LogP contribution in [0.5, 0.6) is 5.75 Å². The Morgan fingerprint density at radius 1 is 1.00 bits per heavy atom. The van der Waals surface area contributed by atoms with Crippen molar-refractivity contribution >= 4 is 17.5 Å². The maximum atomic E-state index is 12.8. The number of likely N-dealkylation sites (tertiary alicyclic amines) is 1. The molecule has 0 bridgehead atoms. The van der Waals surface area contributed by atoms with Gasteiger partial charge in [0, 0.05) is 29.7 Å². The van der Waals surface area contributed by atoms with Gasteiger partial charge in [0.25, 0.3) is 5.91 Å². The largest absolute Gasteiger partial charge is 0.494 e. The lowest BCUT2D eigenvalue weighted by molar-refractivity contribution is 0.0689. The molecule has 5 heteroatoms. The standard InChI is InChI=1S/C28H37ClN2O2/c1-30-19-4-3-5-25(30)18-20-33-27-16-10-22(11-17-27)21-8-14-26(15-9-21)31(2)28(32)23-6-12-24(29)13-7-23/h6-7,10-13,16-17,21,25-26H,3-5,8-9,14-15,18-20H2,1-2H3/t21?,25-,26?/m1/s1. The van der Waals surface area contributed by atoms with Gasteiger partial charge in [-0.05, 0) is 106 Å².